The summed E-state index contributed by atoms with van der Waals surface area (Å²) in [7, 11) is -3.92. The lowest BCUT2D eigenvalue weighted by Crippen LogP contribution is -2.46. The molecule has 1 amide bonds. The average molecular weight is 433 g/mol. The quantitative estimate of drug-likeness (QED) is 0.745. The highest BCUT2D eigenvalue weighted by molar-refractivity contribution is 7.92. The maximum absolute atomic E-state index is 13.4. The Morgan fingerprint density at radius 3 is 2.52 bits per heavy atom. The maximum Gasteiger partial charge on any atom is 0.264 e. The molecule has 4 rings (SSSR count). The molecule has 2 aromatic carbocycles. The lowest BCUT2D eigenvalue weighted by Gasteiger charge is -2.28. The van der Waals surface area contributed by atoms with Gasteiger partial charge < -0.3 is 5.32 Å². The number of anilines is 1. The summed E-state index contributed by atoms with van der Waals surface area (Å²) in [6, 6.07) is 13.4. The minimum absolute atomic E-state index is 0.145. The summed E-state index contributed by atoms with van der Waals surface area (Å²) in [5.74, 6) is 0.946. The van der Waals surface area contributed by atoms with Crippen molar-refractivity contribution in [2.24, 2.45) is 11.8 Å². The zero-order valence-corrected chi connectivity index (χ0v) is 17.9. The van der Waals surface area contributed by atoms with Gasteiger partial charge in [0.05, 0.1) is 10.6 Å². The third kappa shape index (κ3) is 4.01. The summed E-state index contributed by atoms with van der Waals surface area (Å²) in [6.45, 7) is 1.49. The lowest BCUT2D eigenvalue weighted by molar-refractivity contribution is -0.120. The van der Waals surface area contributed by atoms with Crippen LogP contribution in [0.1, 0.15) is 31.2 Å². The van der Waals surface area contributed by atoms with Crippen LogP contribution in [0, 0.1) is 18.8 Å². The van der Waals surface area contributed by atoms with Gasteiger partial charge in [-0.2, -0.15) is 0 Å². The van der Waals surface area contributed by atoms with E-state index in [4.69, 9.17) is 11.6 Å². The smallest absolute Gasteiger partial charge is 0.264 e. The summed E-state index contributed by atoms with van der Waals surface area (Å²) < 4.78 is 28.0. The molecule has 7 heteroatoms. The van der Waals surface area contributed by atoms with Crippen molar-refractivity contribution in [3.05, 3.63) is 59.1 Å². The first-order chi connectivity index (χ1) is 13.9. The molecule has 5 nitrogen and oxygen atoms in total. The van der Waals surface area contributed by atoms with Gasteiger partial charge in [0.15, 0.2) is 0 Å². The third-order valence-electron chi connectivity index (χ3n) is 6.21. The molecule has 1 N–H and O–H groups in total. The first kappa shape index (κ1) is 20.2. The van der Waals surface area contributed by atoms with Crippen molar-refractivity contribution in [1.29, 1.82) is 0 Å². The molecule has 0 aromatic heterocycles. The van der Waals surface area contributed by atoms with E-state index in [0.717, 1.165) is 12.8 Å². The van der Waals surface area contributed by atoms with Gasteiger partial charge in [-0.05, 0) is 67.9 Å². The predicted octanol–water partition coefficient (Wildman–Crippen LogP) is 4.15. The number of halogens is 1. The van der Waals surface area contributed by atoms with Crippen LogP contribution in [0.2, 0.25) is 5.02 Å². The maximum atomic E-state index is 13.4. The van der Waals surface area contributed by atoms with Gasteiger partial charge in [-0.3, -0.25) is 9.10 Å². The largest absolute Gasteiger partial charge is 0.352 e. The van der Waals surface area contributed by atoms with E-state index in [1.54, 1.807) is 43.3 Å². The molecule has 2 aliphatic carbocycles. The number of benzene rings is 2. The van der Waals surface area contributed by atoms with Crippen molar-refractivity contribution < 1.29 is 13.2 Å². The number of hydrogen-bond acceptors (Lipinski definition) is 3. The number of hydrogen-bond donors (Lipinski definition) is 1. The van der Waals surface area contributed by atoms with Gasteiger partial charge in [0.1, 0.15) is 6.54 Å². The second-order valence-corrected chi connectivity index (χ2v) is 10.3. The Hall–Kier alpha value is -2.05. The topological polar surface area (TPSA) is 66.5 Å². The van der Waals surface area contributed by atoms with Gasteiger partial charge in [0.2, 0.25) is 5.91 Å². The highest BCUT2D eigenvalue weighted by atomic mass is 35.5. The fourth-order valence-electron chi connectivity index (χ4n) is 4.69. The Kier molecular flexibility index (Phi) is 5.58. The molecule has 0 heterocycles. The molecule has 2 aromatic rings. The van der Waals surface area contributed by atoms with Gasteiger partial charge in [0.25, 0.3) is 10.0 Å². The standard InChI is InChI=1S/C22H25ClN2O3S/c1-15-19(23)8-5-9-21(15)25(29(27,28)18-6-3-2-4-7-18)14-22(26)24-20-13-16-10-11-17(20)12-16/h2-9,16-17,20H,10-14H2,1H3,(H,24,26)/t16-,17-,20-/m0/s1. The van der Waals surface area contributed by atoms with E-state index in [1.807, 2.05) is 0 Å². The molecule has 0 unspecified atom stereocenters. The normalized spacial score (nSPS) is 23.2. The van der Waals surface area contributed by atoms with E-state index in [2.05, 4.69) is 5.32 Å². The number of amides is 1. The highest BCUT2D eigenvalue weighted by Crippen LogP contribution is 2.44. The van der Waals surface area contributed by atoms with Crippen LogP contribution >= 0.6 is 11.6 Å². The molecule has 2 saturated carbocycles. The molecule has 2 bridgehead atoms. The molecular formula is C22H25ClN2O3S. The Labute approximate surface area is 177 Å². The van der Waals surface area contributed by atoms with E-state index < -0.39 is 10.0 Å². The fraction of sp³-hybridized carbons (Fsp3) is 0.409. The van der Waals surface area contributed by atoms with Gasteiger partial charge >= 0.3 is 0 Å². The second-order valence-electron chi connectivity index (χ2n) is 8.06. The number of nitrogens with one attached hydrogen (secondary N) is 1. The second kappa shape index (κ2) is 8.00. The Balaban J connectivity index is 1.63. The number of carbonyl (C=O) groups excluding carboxylic acids is 1. The van der Waals surface area contributed by atoms with Crippen LogP contribution in [-0.4, -0.2) is 26.9 Å². The molecule has 0 aliphatic heterocycles. The Morgan fingerprint density at radius 2 is 1.86 bits per heavy atom. The molecule has 0 saturated heterocycles. The minimum atomic E-state index is -3.92. The monoisotopic (exact) mass is 432 g/mol. The van der Waals surface area contributed by atoms with Crippen molar-refractivity contribution in [2.75, 3.05) is 10.8 Å². The molecule has 0 radical (unpaired) electrons. The summed E-state index contributed by atoms with van der Waals surface area (Å²) >= 11 is 6.25. The number of fused-ring (bicyclic) bond motifs is 2. The van der Waals surface area contributed by atoms with E-state index in [-0.39, 0.29) is 23.4 Å². The van der Waals surface area contributed by atoms with Crippen LogP contribution in [0.3, 0.4) is 0 Å². The van der Waals surface area contributed by atoms with Crippen LogP contribution in [0.4, 0.5) is 5.69 Å². The molecule has 154 valence electrons. The van der Waals surface area contributed by atoms with Gasteiger partial charge in [0, 0.05) is 11.1 Å². The first-order valence-corrected chi connectivity index (χ1v) is 11.8. The molecule has 29 heavy (non-hydrogen) atoms. The highest BCUT2D eigenvalue weighted by Gasteiger charge is 2.40. The lowest BCUT2D eigenvalue weighted by atomic mass is 9.95. The molecular weight excluding hydrogens is 408 g/mol. The van der Waals surface area contributed by atoms with Crippen molar-refractivity contribution in [1.82, 2.24) is 5.32 Å². The van der Waals surface area contributed by atoms with Gasteiger partial charge in [-0.25, -0.2) is 8.42 Å². The Bertz CT molecular complexity index is 1010. The summed E-state index contributed by atoms with van der Waals surface area (Å²) in [6.07, 6.45) is 4.56. The molecule has 3 atom stereocenters. The van der Waals surface area contributed by atoms with Crippen LogP contribution in [0.15, 0.2) is 53.4 Å². The average Bonchev–Trinajstić information content (AvgIpc) is 3.32. The number of carbonyl (C=O) groups is 1. The third-order valence-corrected chi connectivity index (χ3v) is 8.39. The molecule has 2 aliphatic rings. The molecule has 2 fully saturated rings. The van der Waals surface area contributed by atoms with E-state index >= 15 is 0 Å². The number of nitrogens with zero attached hydrogens (tertiary/aromatic N) is 1. The zero-order valence-electron chi connectivity index (χ0n) is 16.3. The minimum Gasteiger partial charge on any atom is -0.352 e. The SMILES string of the molecule is Cc1c(Cl)cccc1N(CC(=O)N[C@H]1C[C@H]2CC[C@H]1C2)S(=O)(=O)c1ccccc1. The first-order valence-electron chi connectivity index (χ1n) is 9.98. The van der Waals surface area contributed by atoms with Crippen molar-refractivity contribution in [2.45, 2.75) is 43.5 Å². The number of sulfonamides is 1. The van der Waals surface area contributed by atoms with Crippen LogP contribution in [0.5, 0.6) is 0 Å². The Morgan fingerprint density at radius 1 is 1.10 bits per heavy atom. The van der Waals surface area contributed by atoms with Crippen molar-refractivity contribution in [3.8, 4) is 0 Å². The zero-order chi connectivity index (χ0) is 20.6. The summed E-state index contributed by atoms with van der Waals surface area (Å²) in [4.78, 5) is 13.0. The van der Waals surface area contributed by atoms with Crippen molar-refractivity contribution >= 4 is 33.2 Å². The fourth-order valence-corrected chi connectivity index (χ4v) is 6.36. The van der Waals surface area contributed by atoms with Crippen molar-refractivity contribution in [3.63, 3.8) is 0 Å². The van der Waals surface area contributed by atoms with Crippen LogP contribution < -0.4 is 9.62 Å². The molecule has 0 spiro atoms. The van der Waals surface area contributed by atoms with Crippen LogP contribution in [-0.2, 0) is 14.8 Å². The predicted molar refractivity (Wildman–Crippen MR) is 115 cm³/mol. The van der Waals surface area contributed by atoms with Crippen LogP contribution in [0.25, 0.3) is 0 Å². The van der Waals surface area contributed by atoms with E-state index in [0.29, 0.717) is 28.1 Å². The number of rotatable bonds is 6. The van der Waals surface area contributed by atoms with E-state index in [9.17, 15) is 13.2 Å². The van der Waals surface area contributed by atoms with Gasteiger partial charge in [-0.1, -0.05) is 42.3 Å². The summed E-state index contributed by atoms with van der Waals surface area (Å²) in [5.41, 5.74) is 1.05. The summed E-state index contributed by atoms with van der Waals surface area (Å²) in [5, 5.41) is 3.55. The van der Waals surface area contributed by atoms with E-state index in [1.165, 1.54) is 29.3 Å². The van der Waals surface area contributed by atoms with Gasteiger partial charge in [-0.15, -0.1) is 0 Å².